The number of benzene rings is 2. The maximum Gasteiger partial charge on any atom is 0.241 e. The highest BCUT2D eigenvalue weighted by Gasteiger charge is 2.23. The summed E-state index contributed by atoms with van der Waals surface area (Å²) in [6.07, 6.45) is 0. The predicted octanol–water partition coefficient (Wildman–Crippen LogP) is 2.07. The smallest absolute Gasteiger partial charge is 0.241 e. The Morgan fingerprint density at radius 3 is 2.24 bits per heavy atom. The number of anilines is 1. The van der Waals surface area contributed by atoms with E-state index in [2.05, 4.69) is 14.9 Å². The Bertz CT molecular complexity index is 911. The summed E-state index contributed by atoms with van der Waals surface area (Å²) in [6.45, 7) is 6.59. The van der Waals surface area contributed by atoms with Crippen molar-refractivity contribution >= 4 is 21.6 Å². The van der Waals surface area contributed by atoms with Crippen molar-refractivity contribution in [1.82, 2.24) is 10.0 Å². The van der Waals surface area contributed by atoms with Gasteiger partial charge in [0.1, 0.15) is 0 Å². The molecule has 0 aromatic heterocycles. The first-order chi connectivity index (χ1) is 13.9. The highest BCUT2D eigenvalue weighted by molar-refractivity contribution is 7.89. The molecule has 0 bridgehead atoms. The molecule has 2 aromatic carbocycles. The van der Waals surface area contributed by atoms with Gasteiger partial charge in [-0.1, -0.05) is 30.3 Å². The topological polar surface area (TPSA) is 87.7 Å². The van der Waals surface area contributed by atoms with Gasteiger partial charge in [0.25, 0.3) is 0 Å². The van der Waals surface area contributed by atoms with Crippen LogP contribution in [0.2, 0.25) is 0 Å². The molecule has 2 aromatic rings. The van der Waals surface area contributed by atoms with E-state index in [-0.39, 0.29) is 16.8 Å². The SMILES string of the molecule is CC(NC(=O)[C@H](C)NS(=O)(=O)c1ccccc1)c1ccc(N2CCOCC2)cc1. The Kier molecular flexibility index (Phi) is 6.89. The Morgan fingerprint density at radius 2 is 1.62 bits per heavy atom. The number of ether oxygens (including phenoxy) is 1. The average Bonchev–Trinajstić information content (AvgIpc) is 2.74. The molecule has 8 heteroatoms. The van der Waals surface area contributed by atoms with Crippen molar-refractivity contribution in [3.63, 3.8) is 0 Å². The van der Waals surface area contributed by atoms with E-state index in [0.717, 1.165) is 37.6 Å². The van der Waals surface area contributed by atoms with Gasteiger partial charge in [0, 0.05) is 18.8 Å². The molecule has 2 N–H and O–H groups in total. The molecule has 156 valence electrons. The largest absolute Gasteiger partial charge is 0.378 e. The fraction of sp³-hybridized carbons (Fsp3) is 0.381. The predicted molar refractivity (Wildman–Crippen MR) is 112 cm³/mol. The summed E-state index contributed by atoms with van der Waals surface area (Å²) in [5.74, 6) is -0.380. The number of nitrogens with one attached hydrogen (secondary N) is 2. The maximum absolute atomic E-state index is 12.5. The zero-order valence-corrected chi connectivity index (χ0v) is 17.5. The Hall–Kier alpha value is -2.42. The van der Waals surface area contributed by atoms with Crippen LogP contribution < -0.4 is 14.9 Å². The maximum atomic E-state index is 12.5. The molecule has 1 amide bonds. The van der Waals surface area contributed by atoms with Crippen molar-refractivity contribution < 1.29 is 17.9 Å². The second-order valence-corrected chi connectivity index (χ2v) is 8.79. The van der Waals surface area contributed by atoms with E-state index in [0.29, 0.717) is 0 Å². The zero-order chi connectivity index (χ0) is 20.9. The Labute approximate surface area is 172 Å². The van der Waals surface area contributed by atoms with E-state index in [4.69, 9.17) is 4.74 Å². The standard InChI is InChI=1S/C21H27N3O4S/c1-16(18-8-10-19(11-9-18)24-12-14-28-15-13-24)22-21(25)17(2)23-29(26,27)20-6-4-3-5-7-20/h3-11,16-17,23H,12-15H2,1-2H3,(H,22,25)/t16?,17-/m0/s1. The number of hydrogen-bond donors (Lipinski definition) is 2. The van der Waals surface area contributed by atoms with Gasteiger partial charge >= 0.3 is 0 Å². The first-order valence-corrected chi connectivity index (χ1v) is 11.2. The zero-order valence-electron chi connectivity index (χ0n) is 16.7. The molecule has 1 aliphatic rings. The molecule has 1 unspecified atom stereocenters. The van der Waals surface area contributed by atoms with E-state index in [1.807, 2.05) is 31.2 Å². The summed E-state index contributed by atoms with van der Waals surface area (Å²) >= 11 is 0. The minimum atomic E-state index is -3.75. The molecule has 1 aliphatic heterocycles. The van der Waals surface area contributed by atoms with E-state index in [1.54, 1.807) is 18.2 Å². The lowest BCUT2D eigenvalue weighted by atomic mass is 10.1. The highest BCUT2D eigenvalue weighted by Crippen LogP contribution is 2.20. The monoisotopic (exact) mass is 417 g/mol. The van der Waals surface area contributed by atoms with Gasteiger partial charge in [0.05, 0.1) is 30.2 Å². The van der Waals surface area contributed by atoms with Gasteiger partial charge < -0.3 is 15.0 Å². The van der Waals surface area contributed by atoms with Crippen LogP contribution in [-0.2, 0) is 19.6 Å². The van der Waals surface area contributed by atoms with Gasteiger partial charge in [-0.15, -0.1) is 0 Å². The number of carbonyl (C=O) groups is 1. The second kappa shape index (κ2) is 9.39. The van der Waals surface area contributed by atoms with Crippen molar-refractivity contribution in [2.24, 2.45) is 0 Å². The third-order valence-electron chi connectivity index (χ3n) is 4.91. The van der Waals surface area contributed by atoms with Gasteiger partial charge in [0.15, 0.2) is 0 Å². The normalized spacial score (nSPS) is 16.8. The van der Waals surface area contributed by atoms with Crippen LogP contribution in [0.3, 0.4) is 0 Å². The number of rotatable bonds is 7. The Morgan fingerprint density at radius 1 is 1.00 bits per heavy atom. The molecule has 3 rings (SSSR count). The van der Waals surface area contributed by atoms with Crippen molar-refractivity contribution in [2.75, 3.05) is 31.2 Å². The summed E-state index contributed by atoms with van der Waals surface area (Å²) in [5, 5.41) is 2.87. The summed E-state index contributed by atoms with van der Waals surface area (Å²) in [7, 11) is -3.75. The highest BCUT2D eigenvalue weighted by atomic mass is 32.2. The summed E-state index contributed by atoms with van der Waals surface area (Å²) < 4.78 is 32.6. The van der Waals surface area contributed by atoms with Gasteiger partial charge in [-0.2, -0.15) is 4.72 Å². The molecule has 2 atom stereocenters. The van der Waals surface area contributed by atoms with Crippen molar-refractivity contribution in [1.29, 1.82) is 0 Å². The van der Waals surface area contributed by atoms with Gasteiger partial charge in [-0.25, -0.2) is 8.42 Å². The van der Waals surface area contributed by atoms with Crippen molar-refractivity contribution in [2.45, 2.75) is 30.8 Å². The quantitative estimate of drug-likeness (QED) is 0.720. The number of carbonyl (C=O) groups excluding carboxylic acids is 1. The van der Waals surface area contributed by atoms with E-state index in [1.165, 1.54) is 19.1 Å². The number of morpholine rings is 1. The third kappa shape index (κ3) is 5.56. The van der Waals surface area contributed by atoms with Crippen LogP contribution in [-0.4, -0.2) is 46.7 Å². The lowest BCUT2D eigenvalue weighted by Crippen LogP contribution is -2.45. The third-order valence-corrected chi connectivity index (χ3v) is 6.46. The van der Waals surface area contributed by atoms with Crippen molar-refractivity contribution in [3.8, 4) is 0 Å². The van der Waals surface area contributed by atoms with Crippen LogP contribution in [0.1, 0.15) is 25.5 Å². The lowest BCUT2D eigenvalue weighted by molar-refractivity contribution is -0.123. The fourth-order valence-electron chi connectivity index (χ4n) is 3.17. The number of sulfonamides is 1. The fourth-order valence-corrected chi connectivity index (χ4v) is 4.40. The first kappa shape index (κ1) is 21.3. The molecular weight excluding hydrogens is 390 g/mol. The molecule has 7 nitrogen and oxygen atoms in total. The number of nitrogens with zero attached hydrogens (tertiary/aromatic N) is 1. The number of amides is 1. The van der Waals surface area contributed by atoms with Gasteiger partial charge in [-0.05, 0) is 43.7 Å². The number of hydrogen-bond acceptors (Lipinski definition) is 5. The Balaban J connectivity index is 1.58. The first-order valence-electron chi connectivity index (χ1n) is 9.67. The minimum absolute atomic E-state index is 0.131. The molecule has 1 fully saturated rings. The molecule has 1 heterocycles. The molecule has 1 saturated heterocycles. The molecule has 0 radical (unpaired) electrons. The van der Waals surface area contributed by atoms with Crippen LogP contribution in [0.15, 0.2) is 59.5 Å². The summed E-state index contributed by atoms with van der Waals surface area (Å²) in [4.78, 5) is 14.9. The molecule has 0 saturated carbocycles. The minimum Gasteiger partial charge on any atom is -0.378 e. The summed E-state index contributed by atoms with van der Waals surface area (Å²) in [6, 6.07) is 14.9. The van der Waals surface area contributed by atoms with Gasteiger partial charge in [0.2, 0.25) is 15.9 Å². The van der Waals surface area contributed by atoms with Crippen LogP contribution in [0.5, 0.6) is 0 Å². The summed E-state index contributed by atoms with van der Waals surface area (Å²) in [5.41, 5.74) is 2.08. The molecule has 0 aliphatic carbocycles. The van der Waals surface area contributed by atoms with Crippen molar-refractivity contribution in [3.05, 3.63) is 60.2 Å². The van der Waals surface area contributed by atoms with E-state index in [9.17, 15) is 13.2 Å². The van der Waals surface area contributed by atoms with E-state index < -0.39 is 16.1 Å². The van der Waals surface area contributed by atoms with Crippen LogP contribution in [0.25, 0.3) is 0 Å². The van der Waals surface area contributed by atoms with E-state index >= 15 is 0 Å². The molecule has 29 heavy (non-hydrogen) atoms. The van der Waals surface area contributed by atoms with Crippen LogP contribution >= 0.6 is 0 Å². The molecular formula is C21H27N3O4S. The second-order valence-electron chi connectivity index (χ2n) is 7.08. The van der Waals surface area contributed by atoms with Crippen LogP contribution in [0.4, 0.5) is 5.69 Å². The lowest BCUT2D eigenvalue weighted by Gasteiger charge is -2.29. The van der Waals surface area contributed by atoms with Crippen LogP contribution in [0, 0.1) is 0 Å². The average molecular weight is 418 g/mol. The van der Waals surface area contributed by atoms with Gasteiger partial charge in [-0.3, -0.25) is 4.79 Å². The molecule has 0 spiro atoms.